The Morgan fingerprint density at radius 3 is 2.88 bits per heavy atom. The summed E-state index contributed by atoms with van der Waals surface area (Å²) in [5, 5.41) is 2.57. The highest BCUT2D eigenvalue weighted by atomic mass is 35.5. The summed E-state index contributed by atoms with van der Waals surface area (Å²) in [5.41, 5.74) is 2.29. The van der Waals surface area contributed by atoms with Crippen LogP contribution in [0.15, 0.2) is 48.3 Å². The van der Waals surface area contributed by atoms with Gasteiger partial charge >= 0.3 is 0 Å². The van der Waals surface area contributed by atoms with Crippen LogP contribution in [0.5, 0.6) is 0 Å². The summed E-state index contributed by atoms with van der Waals surface area (Å²) in [6.07, 6.45) is 6.24. The quantitative estimate of drug-likeness (QED) is 0.799. The van der Waals surface area contributed by atoms with Crippen LogP contribution in [0, 0.1) is 0 Å². The highest BCUT2D eigenvalue weighted by Gasteiger charge is 2.14. The largest absolute Gasteiger partial charge is 0.270 e. The first kappa shape index (κ1) is 12.2. The molecule has 1 aromatic carbocycles. The normalized spacial score (nSPS) is 19.4. The summed E-state index contributed by atoms with van der Waals surface area (Å²) in [4.78, 5) is 5.46. The van der Waals surface area contributed by atoms with E-state index in [9.17, 15) is 0 Å². The van der Waals surface area contributed by atoms with Gasteiger partial charge in [-0.25, -0.2) is 5.06 Å². The van der Waals surface area contributed by atoms with Crippen molar-refractivity contribution in [2.24, 2.45) is 0 Å². The van der Waals surface area contributed by atoms with Crippen LogP contribution in [0.25, 0.3) is 0 Å². The SMILES string of the molecule is CCON1C=CC(c2cccc(Cl)c2)C=C1C. The maximum absolute atomic E-state index is 6.00. The van der Waals surface area contributed by atoms with E-state index in [1.54, 1.807) is 5.06 Å². The molecule has 0 saturated carbocycles. The predicted octanol–water partition coefficient (Wildman–Crippen LogP) is 4.11. The third-order valence-corrected chi connectivity index (χ3v) is 2.93. The van der Waals surface area contributed by atoms with Gasteiger partial charge in [-0.05, 0) is 31.5 Å². The minimum Gasteiger partial charge on any atom is -0.270 e. The second kappa shape index (κ2) is 5.39. The van der Waals surface area contributed by atoms with Gasteiger partial charge in [0.2, 0.25) is 0 Å². The van der Waals surface area contributed by atoms with Crippen molar-refractivity contribution in [3.05, 3.63) is 58.9 Å². The molecule has 0 saturated heterocycles. The first-order valence-electron chi connectivity index (χ1n) is 5.75. The summed E-state index contributed by atoms with van der Waals surface area (Å²) in [6, 6.07) is 7.95. The number of hydrogen-bond donors (Lipinski definition) is 0. The molecule has 0 aliphatic carbocycles. The lowest BCUT2D eigenvalue weighted by atomic mass is 9.96. The van der Waals surface area contributed by atoms with Crippen LogP contribution in [0.4, 0.5) is 0 Å². The molecule has 1 atom stereocenters. The van der Waals surface area contributed by atoms with Crippen LogP contribution >= 0.6 is 11.6 Å². The Kier molecular flexibility index (Phi) is 3.87. The molecule has 1 unspecified atom stereocenters. The van der Waals surface area contributed by atoms with Crippen molar-refractivity contribution >= 4 is 11.6 Å². The van der Waals surface area contributed by atoms with E-state index in [1.807, 2.05) is 38.2 Å². The van der Waals surface area contributed by atoms with Crippen molar-refractivity contribution in [2.45, 2.75) is 19.8 Å². The molecule has 90 valence electrons. The lowest BCUT2D eigenvalue weighted by Gasteiger charge is -2.25. The summed E-state index contributed by atoms with van der Waals surface area (Å²) >= 11 is 6.00. The predicted molar refractivity (Wildman–Crippen MR) is 70.6 cm³/mol. The minimum atomic E-state index is 0.269. The summed E-state index contributed by atoms with van der Waals surface area (Å²) in [6.45, 7) is 4.68. The van der Waals surface area contributed by atoms with Gasteiger partial charge in [0.05, 0.1) is 6.61 Å². The number of halogens is 1. The third kappa shape index (κ3) is 2.90. The van der Waals surface area contributed by atoms with Crippen molar-refractivity contribution in [1.82, 2.24) is 5.06 Å². The van der Waals surface area contributed by atoms with Gasteiger partial charge in [-0.15, -0.1) is 0 Å². The molecule has 1 aliphatic rings. The second-order valence-electron chi connectivity index (χ2n) is 3.97. The number of nitrogens with zero attached hydrogens (tertiary/aromatic N) is 1. The van der Waals surface area contributed by atoms with Gasteiger partial charge in [0.25, 0.3) is 0 Å². The van der Waals surface area contributed by atoms with E-state index in [-0.39, 0.29) is 5.92 Å². The number of allylic oxidation sites excluding steroid dienone is 3. The van der Waals surface area contributed by atoms with E-state index < -0.39 is 0 Å². The Bertz CT molecular complexity index is 453. The molecule has 2 rings (SSSR count). The van der Waals surface area contributed by atoms with Gasteiger partial charge in [-0.2, -0.15) is 0 Å². The first-order chi connectivity index (χ1) is 8.20. The average molecular weight is 250 g/mol. The zero-order valence-electron chi connectivity index (χ0n) is 10.1. The lowest BCUT2D eigenvalue weighted by molar-refractivity contribution is -0.0876. The molecular formula is C14H16ClNO. The van der Waals surface area contributed by atoms with Crippen LogP contribution in [0.3, 0.4) is 0 Å². The van der Waals surface area contributed by atoms with E-state index >= 15 is 0 Å². The van der Waals surface area contributed by atoms with Crippen molar-refractivity contribution in [3.63, 3.8) is 0 Å². The third-order valence-electron chi connectivity index (χ3n) is 2.70. The fourth-order valence-corrected chi connectivity index (χ4v) is 2.08. The van der Waals surface area contributed by atoms with E-state index in [2.05, 4.69) is 18.2 Å². The molecule has 1 aliphatic heterocycles. The van der Waals surface area contributed by atoms with Gasteiger partial charge in [0.1, 0.15) is 0 Å². The monoisotopic (exact) mass is 249 g/mol. The van der Waals surface area contributed by atoms with Crippen LogP contribution in [-0.2, 0) is 4.84 Å². The minimum absolute atomic E-state index is 0.269. The molecule has 0 aromatic heterocycles. The number of benzene rings is 1. The molecule has 3 heteroatoms. The fraction of sp³-hybridized carbons (Fsp3) is 0.286. The Morgan fingerprint density at radius 1 is 1.41 bits per heavy atom. The van der Waals surface area contributed by atoms with Gasteiger partial charge < -0.3 is 0 Å². The van der Waals surface area contributed by atoms with Gasteiger partial charge in [-0.1, -0.05) is 35.9 Å². The van der Waals surface area contributed by atoms with Crippen molar-refractivity contribution in [1.29, 1.82) is 0 Å². The Morgan fingerprint density at radius 2 is 2.24 bits per heavy atom. The molecule has 0 spiro atoms. The van der Waals surface area contributed by atoms with Gasteiger partial charge in [-0.3, -0.25) is 4.84 Å². The highest BCUT2D eigenvalue weighted by molar-refractivity contribution is 6.30. The molecule has 0 amide bonds. The van der Waals surface area contributed by atoms with E-state index in [4.69, 9.17) is 16.4 Å². The molecule has 2 nitrogen and oxygen atoms in total. The fourth-order valence-electron chi connectivity index (χ4n) is 1.88. The lowest BCUT2D eigenvalue weighted by Crippen LogP contribution is -2.19. The molecule has 1 aromatic rings. The Hall–Kier alpha value is -1.25. The molecule has 0 N–H and O–H groups in total. The summed E-state index contributed by atoms with van der Waals surface area (Å²) in [7, 11) is 0. The first-order valence-corrected chi connectivity index (χ1v) is 6.13. The standard InChI is InChI=1S/C14H16ClNO/c1-3-17-16-8-7-13(9-11(16)2)12-5-4-6-14(15)10-12/h4-10,13H,3H2,1-2H3. The van der Waals surface area contributed by atoms with Crippen molar-refractivity contribution < 1.29 is 4.84 Å². The van der Waals surface area contributed by atoms with E-state index in [0.29, 0.717) is 6.61 Å². The van der Waals surface area contributed by atoms with Crippen molar-refractivity contribution in [2.75, 3.05) is 6.61 Å². The second-order valence-corrected chi connectivity index (χ2v) is 4.41. The Balaban J connectivity index is 2.18. The van der Waals surface area contributed by atoms with Gasteiger partial charge in [0.15, 0.2) is 0 Å². The van der Waals surface area contributed by atoms with Gasteiger partial charge in [0, 0.05) is 22.8 Å². The zero-order valence-corrected chi connectivity index (χ0v) is 10.8. The van der Waals surface area contributed by atoms with Crippen LogP contribution in [0.1, 0.15) is 25.3 Å². The molecule has 0 bridgehead atoms. The molecule has 17 heavy (non-hydrogen) atoms. The van der Waals surface area contributed by atoms with Crippen LogP contribution in [0.2, 0.25) is 5.02 Å². The summed E-state index contributed by atoms with van der Waals surface area (Å²) < 4.78 is 0. The zero-order chi connectivity index (χ0) is 12.3. The van der Waals surface area contributed by atoms with Crippen LogP contribution < -0.4 is 0 Å². The molecule has 0 radical (unpaired) electrons. The van der Waals surface area contributed by atoms with Crippen LogP contribution in [-0.4, -0.2) is 11.7 Å². The molecule has 0 fully saturated rings. The number of rotatable bonds is 3. The molecule has 1 heterocycles. The topological polar surface area (TPSA) is 12.5 Å². The van der Waals surface area contributed by atoms with E-state index in [1.165, 1.54) is 5.56 Å². The Labute approximate surface area is 107 Å². The number of hydrogen-bond acceptors (Lipinski definition) is 2. The maximum Gasteiger partial charge on any atom is 0.0724 e. The summed E-state index contributed by atoms with van der Waals surface area (Å²) in [5.74, 6) is 0.269. The van der Waals surface area contributed by atoms with E-state index in [0.717, 1.165) is 10.7 Å². The average Bonchev–Trinajstić information content (AvgIpc) is 2.32. The highest BCUT2D eigenvalue weighted by Crippen LogP contribution is 2.27. The number of hydroxylamine groups is 2. The smallest absolute Gasteiger partial charge is 0.0724 e. The molecular weight excluding hydrogens is 234 g/mol. The maximum atomic E-state index is 6.00. The van der Waals surface area contributed by atoms with Crippen molar-refractivity contribution in [3.8, 4) is 0 Å².